The first-order valence-corrected chi connectivity index (χ1v) is 6.27. The fraction of sp³-hybridized carbons (Fsp3) is 0.692. The number of fused-ring (bicyclic) bond motifs is 2. The summed E-state index contributed by atoms with van der Waals surface area (Å²) in [7, 11) is 0. The van der Waals surface area contributed by atoms with E-state index in [4.69, 9.17) is 9.47 Å². The van der Waals surface area contributed by atoms with Gasteiger partial charge in [0.25, 0.3) is 0 Å². The predicted octanol–water partition coefficient (Wildman–Crippen LogP) is 1.45. The molecule has 1 saturated carbocycles. The monoisotopic (exact) mass is 236 g/mol. The highest BCUT2D eigenvalue weighted by molar-refractivity contribution is 5.74. The van der Waals surface area contributed by atoms with Crippen molar-refractivity contribution >= 4 is 11.9 Å². The van der Waals surface area contributed by atoms with Gasteiger partial charge < -0.3 is 9.47 Å². The van der Waals surface area contributed by atoms with Crippen molar-refractivity contribution < 1.29 is 19.1 Å². The van der Waals surface area contributed by atoms with Crippen molar-refractivity contribution in [2.24, 2.45) is 17.8 Å². The summed E-state index contributed by atoms with van der Waals surface area (Å²) >= 11 is 0. The fourth-order valence-corrected chi connectivity index (χ4v) is 3.03. The second kappa shape index (κ2) is 4.17. The van der Waals surface area contributed by atoms with Crippen LogP contribution in [0.4, 0.5) is 0 Å². The van der Waals surface area contributed by atoms with E-state index in [9.17, 15) is 9.59 Å². The molecule has 17 heavy (non-hydrogen) atoms. The first-order valence-electron chi connectivity index (χ1n) is 6.27. The lowest BCUT2D eigenvalue weighted by atomic mass is 9.94. The van der Waals surface area contributed by atoms with Gasteiger partial charge in [-0.05, 0) is 31.1 Å². The van der Waals surface area contributed by atoms with E-state index in [1.807, 2.05) is 0 Å². The molecule has 0 aromatic carbocycles. The van der Waals surface area contributed by atoms with Gasteiger partial charge in [-0.25, -0.2) is 0 Å². The van der Waals surface area contributed by atoms with Gasteiger partial charge in [0.1, 0.15) is 12.7 Å². The Balaban J connectivity index is 1.48. The Kier molecular flexibility index (Phi) is 2.65. The van der Waals surface area contributed by atoms with Gasteiger partial charge in [0.05, 0.1) is 5.92 Å². The third kappa shape index (κ3) is 2.08. The minimum absolute atomic E-state index is 0.0297. The lowest BCUT2D eigenvalue weighted by Crippen LogP contribution is -2.25. The van der Waals surface area contributed by atoms with Crippen LogP contribution in [-0.2, 0) is 19.1 Å². The van der Waals surface area contributed by atoms with Crippen molar-refractivity contribution in [3.8, 4) is 0 Å². The van der Waals surface area contributed by atoms with Gasteiger partial charge in [0, 0.05) is 6.42 Å². The molecule has 0 N–H and O–H groups in total. The van der Waals surface area contributed by atoms with Gasteiger partial charge in [0.2, 0.25) is 0 Å². The maximum absolute atomic E-state index is 11.9. The fourth-order valence-electron chi connectivity index (χ4n) is 3.03. The van der Waals surface area contributed by atoms with Crippen molar-refractivity contribution in [1.29, 1.82) is 0 Å². The summed E-state index contributed by atoms with van der Waals surface area (Å²) < 4.78 is 10.3. The molecule has 4 heteroatoms. The highest BCUT2D eigenvalue weighted by atomic mass is 16.6. The van der Waals surface area contributed by atoms with Crippen molar-refractivity contribution in [3.05, 3.63) is 12.2 Å². The number of ether oxygens (including phenoxy) is 2. The number of cyclic esters (lactones) is 1. The highest BCUT2D eigenvalue weighted by Crippen LogP contribution is 2.43. The molecule has 4 unspecified atom stereocenters. The van der Waals surface area contributed by atoms with E-state index in [-0.39, 0.29) is 30.6 Å². The molecule has 2 bridgehead atoms. The van der Waals surface area contributed by atoms with E-state index < -0.39 is 0 Å². The first-order chi connectivity index (χ1) is 8.22. The Bertz CT molecular complexity index is 374. The molecule has 3 aliphatic rings. The van der Waals surface area contributed by atoms with Crippen LogP contribution in [0.3, 0.4) is 0 Å². The molecule has 0 spiro atoms. The van der Waals surface area contributed by atoms with E-state index in [1.165, 1.54) is 0 Å². The number of rotatable bonds is 3. The molecule has 1 aliphatic heterocycles. The minimum Gasteiger partial charge on any atom is -0.462 e. The van der Waals surface area contributed by atoms with Gasteiger partial charge in [-0.1, -0.05) is 12.2 Å². The number of esters is 2. The number of allylic oxidation sites excluding steroid dienone is 2. The summed E-state index contributed by atoms with van der Waals surface area (Å²) in [5.74, 6) is 0.668. The van der Waals surface area contributed by atoms with Crippen LogP contribution >= 0.6 is 0 Å². The largest absolute Gasteiger partial charge is 0.462 e. The summed E-state index contributed by atoms with van der Waals surface area (Å²) in [4.78, 5) is 22.8. The van der Waals surface area contributed by atoms with Crippen molar-refractivity contribution in [2.45, 2.75) is 31.8 Å². The Hall–Kier alpha value is -1.32. The summed E-state index contributed by atoms with van der Waals surface area (Å²) in [6.45, 7) is 0.224. The van der Waals surface area contributed by atoms with Crippen LogP contribution in [0.2, 0.25) is 0 Å². The molecule has 0 aromatic heterocycles. The summed E-state index contributed by atoms with van der Waals surface area (Å²) in [6.07, 6.45) is 7.24. The van der Waals surface area contributed by atoms with Crippen LogP contribution in [0.1, 0.15) is 25.7 Å². The SMILES string of the molecule is O=C1CCC(COC(=O)C2CC3C=CC2C3)O1. The molecule has 1 saturated heterocycles. The highest BCUT2D eigenvalue weighted by Gasteiger charge is 2.41. The molecule has 2 fully saturated rings. The van der Waals surface area contributed by atoms with E-state index in [0.717, 1.165) is 12.8 Å². The number of hydrogen-bond acceptors (Lipinski definition) is 4. The van der Waals surface area contributed by atoms with Gasteiger partial charge in [-0.2, -0.15) is 0 Å². The minimum atomic E-state index is -0.222. The quantitative estimate of drug-likeness (QED) is 0.549. The molecule has 3 rings (SSSR count). The molecular weight excluding hydrogens is 220 g/mol. The average molecular weight is 236 g/mol. The normalized spacial score (nSPS) is 38.5. The van der Waals surface area contributed by atoms with Gasteiger partial charge in [-0.3, -0.25) is 9.59 Å². The van der Waals surface area contributed by atoms with Gasteiger partial charge in [-0.15, -0.1) is 0 Å². The average Bonchev–Trinajstić information content (AvgIpc) is 3.01. The maximum atomic E-state index is 11.9. The van der Waals surface area contributed by atoms with E-state index >= 15 is 0 Å². The van der Waals surface area contributed by atoms with E-state index in [0.29, 0.717) is 24.7 Å². The van der Waals surface area contributed by atoms with E-state index in [2.05, 4.69) is 12.2 Å². The standard InChI is InChI=1S/C13H16O4/c14-12-4-3-10(17-12)7-16-13(15)11-6-8-1-2-9(11)5-8/h1-2,8-11H,3-7H2. The second-order valence-electron chi connectivity index (χ2n) is 5.17. The Labute approximate surface area is 100.0 Å². The van der Waals surface area contributed by atoms with Crippen LogP contribution in [0.5, 0.6) is 0 Å². The lowest BCUT2D eigenvalue weighted by molar-refractivity contribution is -0.156. The van der Waals surface area contributed by atoms with Crippen molar-refractivity contribution in [1.82, 2.24) is 0 Å². The Morgan fingerprint density at radius 2 is 2.29 bits per heavy atom. The summed E-state index contributed by atoms with van der Waals surface area (Å²) in [5, 5.41) is 0. The maximum Gasteiger partial charge on any atom is 0.309 e. The van der Waals surface area contributed by atoms with Crippen LogP contribution in [0, 0.1) is 17.8 Å². The first kappa shape index (κ1) is 10.8. The zero-order valence-corrected chi connectivity index (χ0v) is 9.63. The molecule has 2 aliphatic carbocycles. The Morgan fingerprint density at radius 3 is 2.88 bits per heavy atom. The lowest BCUT2D eigenvalue weighted by Gasteiger charge is -2.18. The molecule has 0 radical (unpaired) electrons. The third-order valence-electron chi connectivity index (χ3n) is 3.96. The molecular formula is C13H16O4. The van der Waals surface area contributed by atoms with Crippen molar-refractivity contribution in [3.63, 3.8) is 0 Å². The zero-order valence-electron chi connectivity index (χ0n) is 9.63. The molecule has 1 heterocycles. The summed E-state index contributed by atoms with van der Waals surface area (Å²) in [6, 6.07) is 0. The molecule has 0 aromatic rings. The number of carbonyl (C=O) groups is 2. The molecule has 0 amide bonds. The topological polar surface area (TPSA) is 52.6 Å². The molecule has 92 valence electrons. The van der Waals surface area contributed by atoms with Gasteiger partial charge >= 0.3 is 11.9 Å². The number of carbonyl (C=O) groups excluding carboxylic acids is 2. The smallest absolute Gasteiger partial charge is 0.309 e. The van der Waals surface area contributed by atoms with Crippen LogP contribution in [0.25, 0.3) is 0 Å². The van der Waals surface area contributed by atoms with Crippen LogP contribution in [0.15, 0.2) is 12.2 Å². The zero-order chi connectivity index (χ0) is 11.8. The van der Waals surface area contributed by atoms with Crippen LogP contribution < -0.4 is 0 Å². The van der Waals surface area contributed by atoms with Gasteiger partial charge in [0.15, 0.2) is 0 Å². The second-order valence-corrected chi connectivity index (χ2v) is 5.17. The predicted molar refractivity (Wildman–Crippen MR) is 58.9 cm³/mol. The van der Waals surface area contributed by atoms with Crippen LogP contribution in [-0.4, -0.2) is 24.6 Å². The molecule has 4 nitrogen and oxygen atoms in total. The summed E-state index contributed by atoms with van der Waals surface area (Å²) in [5.41, 5.74) is 0. The third-order valence-corrected chi connectivity index (χ3v) is 3.96. The number of hydrogen-bond donors (Lipinski definition) is 0. The Morgan fingerprint density at radius 1 is 1.41 bits per heavy atom. The van der Waals surface area contributed by atoms with E-state index in [1.54, 1.807) is 0 Å². The van der Waals surface area contributed by atoms with Crippen molar-refractivity contribution in [2.75, 3.05) is 6.61 Å². The molecule has 4 atom stereocenters.